The monoisotopic (exact) mass is 500 g/mol. The number of carbonyl (C=O) groups excluding carboxylic acids is 1. The predicted octanol–water partition coefficient (Wildman–Crippen LogP) is 3.61. The summed E-state index contributed by atoms with van der Waals surface area (Å²) < 4.78 is 34.6. The fourth-order valence-corrected chi connectivity index (χ4v) is 5.57. The first-order chi connectivity index (χ1) is 17.2. The van der Waals surface area contributed by atoms with Gasteiger partial charge in [0, 0.05) is 19.2 Å². The third kappa shape index (κ3) is 5.03. The summed E-state index contributed by atoms with van der Waals surface area (Å²) in [6.07, 6.45) is 3.77. The van der Waals surface area contributed by atoms with E-state index in [2.05, 4.69) is 38.2 Å². The fraction of sp³-hybridized carbons (Fsp3) is 0.630. The minimum Gasteiger partial charge on any atom is -0.493 e. The lowest BCUT2D eigenvalue weighted by Crippen LogP contribution is -2.55. The summed E-state index contributed by atoms with van der Waals surface area (Å²) in [6.45, 7) is 6.83. The van der Waals surface area contributed by atoms with Gasteiger partial charge in [0.25, 0.3) is 0 Å². The van der Waals surface area contributed by atoms with E-state index in [1.807, 2.05) is 0 Å². The number of hydrogen-bond donors (Lipinski definition) is 1. The number of nitriles is 1. The molecule has 2 saturated heterocycles. The van der Waals surface area contributed by atoms with Crippen LogP contribution in [0, 0.1) is 17.2 Å². The van der Waals surface area contributed by atoms with Crippen molar-refractivity contribution in [2.24, 2.45) is 5.92 Å². The number of anilines is 1. The van der Waals surface area contributed by atoms with E-state index in [1.54, 1.807) is 19.2 Å². The molecule has 3 fully saturated rings. The number of carbonyl (C=O) groups is 1. The van der Waals surface area contributed by atoms with Gasteiger partial charge >= 0.3 is 5.97 Å². The number of ether oxygens (including phenoxy) is 6. The quantitative estimate of drug-likeness (QED) is 0.292. The lowest BCUT2D eigenvalue weighted by Gasteiger charge is -2.42. The maximum Gasteiger partial charge on any atom is 0.325 e. The molecular formula is C27H36N2O7. The number of epoxide rings is 2. The average Bonchev–Trinajstić information content (AvgIpc) is 3.78. The molecule has 2 heterocycles. The summed E-state index contributed by atoms with van der Waals surface area (Å²) >= 11 is 0. The van der Waals surface area contributed by atoms with Gasteiger partial charge in [-0.3, -0.25) is 4.79 Å². The molecule has 1 aromatic rings. The smallest absolute Gasteiger partial charge is 0.325 e. The number of esters is 1. The highest BCUT2D eigenvalue weighted by Crippen LogP contribution is 2.59. The first-order valence-corrected chi connectivity index (χ1v) is 12.3. The van der Waals surface area contributed by atoms with Gasteiger partial charge in [-0.2, -0.15) is 5.26 Å². The van der Waals surface area contributed by atoms with Crippen LogP contribution in [0.2, 0.25) is 0 Å². The molecule has 9 nitrogen and oxygen atoms in total. The maximum atomic E-state index is 12.9. The number of methoxy groups -OCH3 is 3. The molecule has 1 aliphatic carbocycles. The van der Waals surface area contributed by atoms with Crippen LogP contribution in [0.5, 0.6) is 11.5 Å². The van der Waals surface area contributed by atoms with Gasteiger partial charge in [-0.15, -0.1) is 0 Å². The van der Waals surface area contributed by atoms with Crippen LogP contribution in [0.1, 0.15) is 45.6 Å². The van der Waals surface area contributed by atoms with Crippen molar-refractivity contribution >= 4 is 11.7 Å². The number of rotatable bonds is 10. The fourth-order valence-electron chi connectivity index (χ4n) is 5.57. The SMILES string of the molecule is COc1cc(C#N)c(NCC(=O)O[C@@H]2CC[C@]3(CO3)[C@@H]([C@]3(C)O[C@@H]3CC=C(C)C)[C@@H]2OC)cc1OC. The Balaban J connectivity index is 1.43. The van der Waals surface area contributed by atoms with Crippen molar-refractivity contribution in [2.75, 3.05) is 39.8 Å². The highest BCUT2D eigenvalue weighted by Gasteiger charge is 2.72. The molecule has 2 aliphatic heterocycles. The lowest BCUT2D eigenvalue weighted by molar-refractivity contribution is -0.170. The Morgan fingerprint density at radius 3 is 2.53 bits per heavy atom. The summed E-state index contributed by atoms with van der Waals surface area (Å²) in [6, 6.07) is 5.30. The molecule has 1 saturated carbocycles. The number of hydrogen-bond acceptors (Lipinski definition) is 9. The molecule has 36 heavy (non-hydrogen) atoms. The normalized spacial score (nSPS) is 32.2. The number of allylic oxidation sites excluding steroid dienone is 1. The average molecular weight is 501 g/mol. The van der Waals surface area contributed by atoms with Gasteiger partial charge < -0.3 is 33.7 Å². The molecule has 196 valence electrons. The van der Waals surface area contributed by atoms with Crippen LogP contribution < -0.4 is 14.8 Å². The molecule has 0 bridgehead atoms. The number of nitrogens with zero attached hydrogens (tertiary/aromatic N) is 1. The van der Waals surface area contributed by atoms with E-state index in [4.69, 9.17) is 28.4 Å². The Bertz CT molecular complexity index is 1060. The van der Waals surface area contributed by atoms with E-state index >= 15 is 0 Å². The molecule has 6 atom stereocenters. The molecule has 0 unspecified atom stereocenters. The molecule has 1 N–H and O–H groups in total. The molecule has 3 aliphatic rings. The molecule has 1 aromatic carbocycles. The highest BCUT2D eigenvalue weighted by molar-refractivity contribution is 5.77. The van der Waals surface area contributed by atoms with Gasteiger partial charge in [0.05, 0.1) is 44.1 Å². The van der Waals surface area contributed by atoms with Crippen molar-refractivity contribution < 1.29 is 33.2 Å². The standard InChI is InChI=1S/C27H36N2O7/c1-16(2)7-8-22-26(3,36-22)25-24(33-6)19(9-10-27(25)15-34-27)35-23(30)14-29-18-12-21(32-5)20(31-4)11-17(18)13-28/h7,11-12,19,22,24-25,29H,8-10,14-15H2,1-6H3/t19-,22-,24-,25-,26-,27+/m1/s1. The summed E-state index contributed by atoms with van der Waals surface area (Å²) in [5.41, 5.74) is 1.38. The van der Waals surface area contributed by atoms with Crippen LogP contribution >= 0.6 is 0 Å². The van der Waals surface area contributed by atoms with Crippen molar-refractivity contribution in [1.82, 2.24) is 0 Å². The van der Waals surface area contributed by atoms with E-state index in [9.17, 15) is 10.1 Å². The molecule has 0 aromatic heterocycles. The maximum absolute atomic E-state index is 12.9. The minimum atomic E-state index is -0.435. The van der Waals surface area contributed by atoms with Crippen LogP contribution in [0.25, 0.3) is 0 Å². The zero-order valence-electron chi connectivity index (χ0n) is 21.9. The second-order valence-corrected chi connectivity index (χ2v) is 10.1. The van der Waals surface area contributed by atoms with Crippen molar-refractivity contribution in [3.05, 3.63) is 29.3 Å². The Morgan fingerprint density at radius 1 is 1.25 bits per heavy atom. The van der Waals surface area contributed by atoms with E-state index in [0.717, 1.165) is 12.8 Å². The van der Waals surface area contributed by atoms with E-state index < -0.39 is 17.7 Å². The van der Waals surface area contributed by atoms with Gasteiger partial charge in [-0.05, 0) is 40.0 Å². The van der Waals surface area contributed by atoms with Gasteiger partial charge in [-0.25, -0.2) is 0 Å². The lowest BCUT2D eigenvalue weighted by atomic mass is 9.68. The van der Waals surface area contributed by atoms with E-state index in [1.165, 1.54) is 19.8 Å². The number of nitrogens with one attached hydrogen (secondary N) is 1. The minimum absolute atomic E-state index is 0.0406. The summed E-state index contributed by atoms with van der Waals surface area (Å²) in [5, 5.41) is 12.5. The van der Waals surface area contributed by atoms with Gasteiger partial charge in [0.1, 0.15) is 36.0 Å². The van der Waals surface area contributed by atoms with Crippen LogP contribution in [0.15, 0.2) is 23.8 Å². The molecule has 0 radical (unpaired) electrons. The zero-order chi connectivity index (χ0) is 26.1. The Morgan fingerprint density at radius 2 is 1.94 bits per heavy atom. The molecule has 1 spiro atoms. The third-order valence-electron chi connectivity index (χ3n) is 7.59. The Kier molecular flexibility index (Phi) is 7.51. The second-order valence-electron chi connectivity index (χ2n) is 10.1. The summed E-state index contributed by atoms with van der Waals surface area (Å²) in [4.78, 5) is 12.9. The topological polar surface area (TPSA) is 115 Å². The molecule has 9 heteroatoms. The highest BCUT2D eigenvalue weighted by atomic mass is 16.6. The molecule has 4 rings (SSSR count). The third-order valence-corrected chi connectivity index (χ3v) is 7.59. The zero-order valence-corrected chi connectivity index (χ0v) is 21.9. The molecule has 0 amide bonds. The number of benzene rings is 1. The van der Waals surface area contributed by atoms with Crippen LogP contribution in [-0.4, -0.2) is 70.0 Å². The van der Waals surface area contributed by atoms with Gasteiger partial charge in [-0.1, -0.05) is 11.6 Å². The largest absolute Gasteiger partial charge is 0.493 e. The van der Waals surface area contributed by atoms with Gasteiger partial charge in [0.15, 0.2) is 11.5 Å². The van der Waals surface area contributed by atoms with Crippen LogP contribution in [0.3, 0.4) is 0 Å². The second kappa shape index (κ2) is 10.3. The summed E-state index contributed by atoms with van der Waals surface area (Å²) in [5.74, 6) is 0.418. The van der Waals surface area contributed by atoms with E-state index in [0.29, 0.717) is 35.8 Å². The van der Waals surface area contributed by atoms with Gasteiger partial charge in [0.2, 0.25) is 0 Å². The van der Waals surface area contributed by atoms with Crippen molar-refractivity contribution in [1.29, 1.82) is 5.26 Å². The Labute approximate surface area is 212 Å². The van der Waals surface area contributed by atoms with Crippen molar-refractivity contribution in [3.8, 4) is 17.6 Å². The molecular weight excluding hydrogens is 464 g/mol. The van der Waals surface area contributed by atoms with E-state index in [-0.39, 0.29) is 30.3 Å². The predicted molar refractivity (Wildman–Crippen MR) is 132 cm³/mol. The summed E-state index contributed by atoms with van der Waals surface area (Å²) in [7, 11) is 4.66. The van der Waals surface area contributed by atoms with Crippen LogP contribution in [-0.2, 0) is 23.7 Å². The van der Waals surface area contributed by atoms with Crippen molar-refractivity contribution in [2.45, 2.75) is 69.5 Å². The first kappa shape index (κ1) is 26.3. The first-order valence-electron chi connectivity index (χ1n) is 12.3. The van der Waals surface area contributed by atoms with Crippen LogP contribution in [0.4, 0.5) is 5.69 Å². The van der Waals surface area contributed by atoms with Crippen molar-refractivity contribution in [3.63, 3.8) is 0 Å². The Hall–Kier alpha value is -2.80.